The summed E-state index contributed by atoms with van der Waals surface area (Å²) in [4.78, 5) is 7.39. The summed E-state index contributed by atoms with van der Waals surface area (Å²) in [6.07, 6.45) is 4.63. The lowest BCUT2D eigenvalue weighted by atomic mass is 10.4. The number of hydrogen-bond donors (Lipinski definition) is 1. The van der Waals surface area contributed by atoms with Crippen molar-refractivity contribution >= 4 is 17.7 Å². The molecule has 0 atom stereocenters. The molecule has 0 fully saturated rings. The minimum atomic E-state index is 0.156. The Balaban J connectivity index is 2.95. The van der Waals surface area contributed by atoms with E-state index in [2.05, 4.69) is 9.97 Å². The third-order valence-corrected chi connectivity index (χ3v) is 1.04. The molecule has 1 radical (unpaired) electrons. The van der Waals surface area contributed by atoms with Crippen molar-refractivity contribution in [3.63, 3.8) is 0 Å². The summed E-state index contributed by atoms with van der Waals surface area (Å²) in [6, 6.07) is 1.61. The average molecular weight is 156 g/mol. The monoisotopic (exact) mass is 155 g/mol. The normalized spacial score (nSPS) is 10.5. The van der Waals surface area contributed by atoms with Gasteiger partial charge in [0.25, 0.3) is 0 Å². The first kappa shape index (κ1) is 7.02. The van der Waals surface area contributed by atoms with Gasteiger partial charge in [-0.3, -0.25) is 0 Å². The maximum absolute atomic E-state index is 8.20. The minimum Gasteiger partial charge on any atom is -0.504 e. The molecule has 1 aromatic heterocycles. The van der Waals surface area contributed by atoms with Crippen molar-refractivity contribution in [2.45, 2.75) is 0 Å². The molecule has 0 unspecified atom stereocenters. The highest BCUT2D eigenvalue weighted by atomic mass is 35.5. The van der Waals surface area contributed by atoms with Gasteiger partial charge in [0, 0.05) is 12.3 Å². The molecule has 0 saturated heterocycles. The number of hydrogen-bond acceptors (Lipinski definition) is 3. The van der Waals surface area contributed by atoms with E-state index in [1.54, 1.807) is 6.07 Å². The number of aliphatic hydroxyl groups is 1. The van der Waals surface area contributed by atoms with Crippen molar-refractivity contribution in [3.8, 4) is 0 Å². The van der Waals surface area contributed by atoms with Crippen molar-refractivity contribution in [1.29, 1.82) is 0 Å². The minimum absolute atomic E-state index is 0.156. The average Bonchev–Trinajstić information content (AvgIpc) is 1.88. The van der Waals surface area contributed by atoms with Crippen molar-refractivity contribution in [2.75, 3.05) is 0 Å². The van der Waals surface area contributed by atoms with E-state index in [1.165, 1.54) is 12.3 Å². The topological polar surface area (TPSA) is 46.0 Å². The van der Waals surface area contributed by atoms with Crippen molar-refractivity contribution < 1.29 is 5.11 Å². The molecule has 1 heterocycles. The van der Waals surface area contributed by atoms with Gasteiger partial charge in [-0.05, 0) is 17.7 Å². The Bertz CT molecular complexity index is 249. The van der Waals surface area contributed by atoms with Gasteiger partial charge in [0.1, 0.15) is 0 Å². The van der Waals surface area contributed by atoms with Crippen LogP contribution in [0.4, 0.5) is 0 Å². The Morgan fingerprint density at radius 3 is 3.10 bits per heavy atom. The van der Waals surface area contributed by atoms with Crippen LogP contribution in [0.25, 0.3) is 6.08 Å². The van der Waals surface area contributed by atoms with Gasteiger partial charge in [-0.1, -0.05) is 0 Å². The second-order valence-electron chi connectivity index (χ2n) is 1.52. The van der Waals surface area contributed by atoms with Crippen LogP contribution in [0.1, 0.15) is 5.69 Å². The summed E-state index contributed by atoms with van der Waals surface area (Å²) in [5, 5.41) is 8.36. The highest BCUT2D eigenvalue weighted by molar-refractivity contribution is 6.28. The molecule has 0 aliphatic carbocycles. The standard InChI is InChI=1S/C6H4ClN2O/c7-6-8-3-1-5(9-6)2-4-10/h1-3,10H. The van der Waals surface area contributed by atoms with Crippen LogP contribution in [0.5, 0.6) is 0 Å². The maximum Gasteiger partial charge on any atom is 0.222 e. The van der Waals surface area contributed by atoms with Gasteiger partial charge in [-0.2, -0.15) is 0 Å². The van der Waals surface area contributed by atoms with Gasteiger partial charge in [0.15, 0.2) is 6.26 Å². The Kier molecular flexibility index (Phi) is 2.23. The van der Waals surface area contributed by atoms with Gasteiger partial charge in [-0.25, -0.2) is 9.97 Å². The summed E-state index contributed by atoms with van der Waals surface area (Å²) < 4.78 is 0. The molecule has 0 saturated carbocycles. The fraction of sp³-hybridized carbons (Fsp3) is 0. The fourth-order valence-corrected chi connectivity index (χ4v) is 0.648. The maximum atomic E-state index is 8.20. The van der Waals surface area contributed by atoms with Gasteiger partial charge in [0.2, 0.25) is 5.28 Å². The lowest BCUT2D eigenvalue weighted by Crippen LogP contribution is -1.83. The predicted molar refractivity (Wildman–Crippen MR) is 37.4 cm³/mol. The molecule has 4 heteroatoms. The zero-order chi connectivity index (χ0) is 7.40. The van der Waals surface area contributed by atoms with Gasteiger partial charge >= 0.3 is 0 Å². The van der Waals surface area contributed by atoms with E-state index in [0.29, 0.717) is 5.69 Å². The van der Waals surface area contributed by atoms with E-state index in [0.717, 1.165) is 0 Å². The number of halogens is 1. The third kappa shape index (κ3) is 1.70. The molecule has 0 aromatic carbocycles. The first-order chi connectivity index (χ1) is 4.83. The molecule has 1 rings (SSSR count). The van der Waals surface area contributed by atoms with Crippen LogP contribution in [-0.2, 0) is 0 Å². The van der Waals surface area contributed by atoms with Crippen LogP contribution in [0.2, 0.25) is 5.28 Å². The highest BCUT2D eigenvalue weighted by Crippen LogP contribution is 2.01. The molecule has 1 aromatic rings. The number of aromatic nitrogens is 2. The van der Waals surface area contributed by atoms with Crippen molar-refractivity contribution in [2.24, 2.45) is 0 Å². The summed E-state index contributed by atoms with van der Waals surface area (Å²) in [6.45, 7) is 0. The van der Waals surface area contributed by atoms with Crippen LogP contribution in [-0.4, -0.2) is 15.1 Å². The Morgan fingerprint density at radius 2 is 2.50 bits per heavy atom. The number of aliphatic hydroxyl groups excluding tert-OH is 1. The molecule has 0 amide bonds. The SMILES string of the molecule is O[C]=Cc1ccnc(Cl)n1. The first-order valence-electron chi connectivity index (χ1n) is 2.54. The van der Waals surface area contributed by atoms with E-state index >= 15 is 0 Å². The summed E-state index contributed by atoms with van der Waals surface area (Å²) in [5.74, 6) is 0. The summed E-state index contributed by atoms with van der Waals surface area (Å²) >= 11 is 5.43. The van der Waals surface area contributed by atoms with Crippen molar-refractivity contribution in [1.82, 2.24) is 9.97 Å². The lowest BCUT2D eigenvalue weighted by Gasteiger charge is -1.89. The molecule has 3 nitrogen and oxygen atoms in total. The smallest absolute Gasteiger partial charge is 0.222 e. The molecular weight excluding hydrogens is 152 g/mol. The molecular formula is C6H4ClN2O. The molecule has 0 bridgehead atoms. The zero-order valence-corrected chi connectivity index (χ0v) is 5.71. The quantitative estimate of drug-likeness (QED) is 0.493. The van der Waals surface area contributed by atoms with Crippen LogP contribution < -0.4 is 0 Å². The number of rotatable bonds is 1. The molecule has 0 spiro atoms. The van der Waals surface area contributed by atoms with Crippen LogP contribution >= 0.6 is 11.6 Å². The zero-order valence-electron chi connectivity index (χ0n) is 4.95. The second-order valence-corrected chi connectivity index (χ2v) is 1.86. The molecule has 10 heavy (non-hydrogen) atoms. The fourth-order valence-electron chi connectivity index (χ4n) is 0.494. The molecule has 0 aliphatic heterocycles. The second kappa shape index (κ2) is 3.17. The Morgan fingerprint density at radius 1 is 1.70 bits per heavy atom. The van der Waals surface area contributed by atoms with Gasteiger partial charge in [-0.15, -0.1) is 0 Å². The molecule has 0 aliphatic rings. The summed E-state index contributed by atoms with van der Waals surface area (Å²) in [5.41, 5.74) is 0.530. The third-order valence-electron chi connectivity index (χ3n) is 0.860. The lowest BCUT2D eigenvalue weighted by molar-refractivity contribution is 0.447. The molecule has 1 N–H and O–H groups in total. The predicted octanol–water partition coefficient (Wildman–Crippen LogP) is 1.46. The van der Waals surface area contributed by atoms with E-state index in [4.69, 9.17) is 16.7 Å². The van der Waals surface area contributed by atoms with Crippen LogP contribution in [0.15, 0.2) is 12.3 Å². The van der Waals surface area contributed by atoms with Crippen LogP contribution in [0.3, 0.4) is 0 Å². The number of nitrogens with zero attached hydrogens (tertiary/aromatic N) is 2. The van der Waals surface area contributed by atoms with E-state index in [-0.39, 0.29) is 5.28 Å². The Hall–Kier alpha value is -1.09. The Labute approximate surface area is 63.0 Å². The largest absolute Gasteiger partial charge is 0.504 e. The first-order valence-corrected chi connectivity index (χ1v) is 2.92. The van der Waals surface area contributed by atoms with Gasteiger partial charge < -0.3 is 5.11 Å². The van der Waals surface area contributed by atoms with E-state index in [9.17, 15) is 0 Å². The van der Waals surface area contributed by atoms with E-state index in [1.807, 2.05) is 6.26 Å². The van der Waals surface area contributed by atoms with Crippen LogP contribution in [0, 0.1) is 6.26 Å². The highest BCUT2D eigenvalue weighted by Gasteiger charge is 1.90. The van der Waals surface area contributed by atoms with Crippen molar-refractivity contribution in [3.05, 3.63) is 29.5 Å². The molecule has 51 valence electrons. The van der Waals surface area contributed by atoms with E-state index < -0.39 is 0 Å². The van der Waals surface area contributed by atoms with Gasteiger partial charge in [0.05, 0.1) is 5.69 Å². The summed E-state index contributed by atoms with van der Waals surface area (Å²) in [7, 11) is 0.